The molecule has 1 aromatic heterocycles. The van der Waals surface area contributed by atoms with Crippen LogP contribution in [0.25, 0.3) is 0 Å². The molecule has 0 radical (unpaired) electrons. The lowest BCUT2D eigenvalue weighted by Crippen LogP contribution is -1.99. The number of para-hydroxylation sites is 1. The Bertz CT molecular complexity index is 636. The largest absolute Gasteiger partial charge is 0.252 e. The zero-order valence-electron chi connectivity index (χ0n) is 10.4. The number of rotatable bonds is 2. The summed E-state index contributed by atoms with van der Waals surface area (Å²) in [5, 5.41) is 9.01. The highest BCUT2D eigenvalue weighted by Crippen LogP contribution is 2.18. The number of nitriles is 1. The molecule has 0 saturated carbocycles. The summed E-state index contributed by atoms with van der Waals surface area (Å²) < 4.78 is 0. The maximum atomic E-state index is 9.01. The first-order valence-electron chi connectivity index (χ1n) is 5.69. The van der Waals surface area contributed by atoms with Crippen molar-refractivity contribution in [2.75, 3.05) is 0 Å². The molecule has 0 aliphatic carbocycles. The smallest absolute Gasteiger partial charge is 0.101 e. The van der Waals surface area contributed by atoms with E-state index in [1.807, 2.05) is 50.2 Å². The first-order valence-corrected chi connectivity index (χ1v) is 5.69. The molecule has 1 aromatic carbocycles. The Morgan fingerprint density at radius 1 is 1.17 bits per heavy atom. The molecule has 18 heavy (non-hydrogen) atoms. The minimum Gasteiger partial charge on any atom is -0.252 e. The van der Waals surface area contributed by atoms with Gasteiger partial charge in [-0.1, -0.05) is 18.2 Å². The predicted octanol–water partition coefficient (Wildman–Crippen LogP) is 3.40. The highest BCUT2D eigenvalue weighted by atomic mass is 14.8. The van der Waals surface area contributed by atoms with Crippen LogP contribution in [0.1, 0.15) is 23.9 Å². The summed E-state index contributed by atoms with van der Waals surface area (Å²) >= 11 is 0. The minimum atomic E-state index is 0.574. The molecule has 0 aliphatic heterocycles. The Morgan fingerprint density at radius 3 is 2.67 bits per heavy atom. The molecule has 0 bridgehead atoms. The minimum absolute atomic E-state index is 0.574. The van der Waals surface area contributed by atoms with Gasteiger partial charge in [-0.05, 0) is 38.1 Å². The van der Waals surface area contributed by atoms with Crippen molar-refractivity contribution in [3.8, 4) is 6.07 Å². The molecule has 2 aromatic rings. The van der Waals surface area contributed by atoms with Crippen LogP contribution in [0.2, 0.25) is 0 Å². The number of aliphatic imine (C=N–C) groups is 1. The maximum Gasteiger partial charge on any atom is 0.101 e. The van der Waals surface area contributed by atoms with Gasteiger partial charge < -0.3 is 0 Å². The van der Waals surface area contributed by atoms with E-state index in [9.17, 15) is 0 Å². The molecule has 3 heteroatoms. The Labute approximate surface area is 106 Å². The van der Waals surface area contributed by atoms with E-state index in [1.54, 1.807) is 6.07 Å². The predicted molar refractivity (Wildman–Crippen MR) is 72.0 cm³/mol. The lowest BCUT2D eigenvalue weighted by Gasteiger charge is -2.02. The van der Waals surface area contributed by atoms with Crippen molar-refractivity contribution in [3.05, 3.63) is 59.4 Å². The van der Waals surface area contributed by atoms with Crippen LogP contribution in [0, 0.1) is 18.3 Å². The van der Waals surface area contributed by atoms with Gasteiger partial charge in [0.25, 0.3) is 0 Å². The summed E-state index contributed by atoms with van der Waals surface area (Å²) in [5.41, 5.74) is 3.85. The fraction of sp³-hybridized carbons (Fsp3) is 0.133. The average molecular weight is 235 g/mol. The Balaban J connectivity index is 2.42. The quantitative estimate of drug-likeness (QED) is 0.749. The molecule has 0 amide bonds. The van der Waals surface area contributed by atoms with Gasteiger partial charge in [-0.2, -0.15) is 5.26 Å². The van der Waals surface area contributed by atoms with Crippen molar-refractivity contribution in [1.82, 2.24) is 4.98 Å². The third kappa shape index (κ3) is 2.61. The van der Waals surface area contributed by atoms with Crippen LogP contribution in [0.15, 0.2) is 47.5 Å². The fourth-order valence-corrected chi connectivity index (χ4v) is 1.65. The molecule has 0 N–H and O–H groups in total. The molecule has 0 atom stereocenters. The van der Waals surface area contributed by atoms with Crippen molar-refractivity contribution in [1.29, 1.82) is 5.26 Å². The standard InChI is InChI=1S/C15H13N3/c1-11-6-5-9-14(17-11)12(2)18-15-8-4-3-7-13(15)10-16/h3-9H,1-2H3. The van der Waals surface area contributed by atoms with Crippen molar-refractivity contribution < 1.29 is 0 Å². The van der Waals surface area contributed by atoms with Crippen LogP contribution < -0.4 is 0 Å². The molecule has 0 aliphatic rings. The second kappa shape index (κ2) is 5.24. The number of aromatic nitrogens is 1. The maximum absolute atomic E-state index is 9.01. The van der Waals surface area contributed by atoms with E-state index in [1.165, 1.54) is 0 Å². The summed E-state index contributed by atoms with van der Waals surface area (Å²) in [4.78, 5) is 8.88. The summed E-state index contributed by atoms with van der Waals surface area (Å²) in [6.45, 7) is 3.84. The van der Waals surface area contributed by atoms with Crippen LogP contribution in [-0.2, 0) is 0 Å². The second-order valence-corrected chi connectivity index (χ2v) is 3.99. The van der Waals surface area contributed by atoms with Gasteiger partial charge in [0.1, 0.15) is 6.07 Å². The first-order chi connectivity index (χ1) is 8.70. The van der Waals surface area contributed by atoms with E-state index in [4.69, 9.17) is 5.26 Å². The molecule has 1 heterocycles. The van der Waals surface area contributed by atoms with Gasteiger partial charge in [0.2, 0.25) is 0 Å². The van der Waals surface area contributed by atoms with Crippen LogP contribution in [-0.4, -0.2) is 10.7 Å². The van der Waals surface area contributed by atoms with Gasteiger partial charge in [0, 0.05) is 5.69 Å². The van der Waals surface area contributed by atoms with Crippen LogP contribution in [0.4, 0.5) is 5.69 Å². The molecule has 0 saturated heterocycles. The van der Waals surface area contributed by atoms with Crippen molar-refractivity contribution in [2.45, 2.75) is 13.8 Å². The van der Waals surface area contributed by atoms with Gasteiger partial charge in [0.05, 0.1) is 22.7 Å². The van der Waals surface area contributed by atoms with Gasteiger partial charge in [-0.3, -0.25) is 9.98 Å². The topological polar surface area (TPSA) is 49.0 Å². The van der Waals surface area contributed by atoms with Crippen molar-refractivity contribution in [2.24, 2.45) is 4.99 Å². The number of hydrogen-bond donors (Lipinski definition) is 0. The van der Waals surface area contributed by atoms with E-state index >= 15 is 0 Å². The van der Waals surface area contributed by atoms with Gasteiger partial charge in [-0.25, -0.2) is 0 Å². The summed E-state index contributed by atoms with van der Waals surface area (Å²) in [6.07, 6.45) is 0. The number of aryl methyl sites for hydroxylation is 1. The number of hydrogen-bond acceptors (Lipinski definition) is 3. The van der Waals surface area contributed by atoms with E-state index in [0.29, 0.717) is 11.3 Å². The monoisotopic (exact) mass is 235 g/mol. The van der Waals surface area contributed by atoms with Crippen molar-refractivity contribution in [3.63, 3.8) is 0 Å². The van der Waals surface area contributed by atoms with Crippen LogP contribution in [0.5, 0.6) is 0 Å². The number of pyridine rings is 1. The van der Waals surface area contributed by atoms with Gasteiger partial charge >= 0.3 is 0 Å². The molecule has 2 rings (SSSR count). The fourth-order valence-electron chi connectivity index (χ4n) is 1.65. The zero-order valence-corrected chi connectivity index (χ0v) is 10.4. The molecule has 88 valence electrons. The van der Waals surface area contributed by atoms with E-state index in [2.05, 4.69) is 16.0 Å². The first kappa shape index (κ1) is 12.0. The lowest BCUT2D eigenvalue weighted by atomic mass is 10.2. The summed E-state index contributed by atoms with van der Waals surface area (Å²) in [5.74, 6) is 0. The summed E-state index contributed by atoms with van der Waals surface area (Å²) in [6, 6.07) is 15.2. The third-order valence-corrected chi connectivity index (χ3v) is 2.57. The molecule has 3 nitrogen and oxygen atoms in total. The molecule has 0 fully saturated rings. The highest BCUT2D eigenvalue weighted by molar-refractivity contribution is 5.98. The number of benzene rings is 1. The molecular weight excluding hydrogens is 222 g/mol. The molecule has 0 unspecified atom stereocenters. The van der Waals surface area contributed by atoms with E-state index in [-0.39, 0.29) is 0 Å². The van der Waals surface area contributed by atoms with E-state index in [0.717, 1.165) is 17.1 Å². The Kier molecular flexibility index (Phi) is 3.49. The third-order valence-electron chi connectivity index (χ3n) is 2.57. The van der Waals surface area contributed by atoms with Crippen LogP contribution in [0.3, 0.4) is 0 Å². The van der Waals surface area contributed by atoms with E-state index < -0.39 is 0 Å². The second-order valence-electron chi connectivity index (χ2n) is 3.99. The lowest BCUT2D eigenvalue weighted by molar-refractivity contribution is 1.17. The molecule has 0 spiro atoms. The highest BCUT2D eigenvalue weighted by Gasteiger charge is 2.02. The zero-order chi connectivity index (χ0) is 13.0. The SMILES string of the molecule is CC(=Nc1ccccc1C#N)c1cccc(C)n1. The summed E-state index contributed by atoms with van der Waals surface area (Å²) in [7, 11) is 0. The molecular formula is C15H13N3. The van der Waals surface area contributed by atoms with Gasteiger partial charge in [0.15, 0.2) is 0 Å². The Morgan fingerprint density at radius 2 is 1.94 bits per heavy atom. The normalized spacial score (nSPS) is 11.1. The van der Waals surface area contributed by atoms with Crippen LogP contribution >= 0.6 is 0 Å². The number of nitrogens with zero attached hydrogens (tertiary/aromatic N) is 3. The Hall–Kier alpha value is -2.47. The average Bonchev–Trinajstić information content (AvgIpc) is 2.39. The van der Waals surface area contributed by atoms with Gasteiger partial charge in [-0.15, -0.1) is 0 Å². The van der Waals surface area contributed by atoms with Crippen molar-refractivity contribution >= 4 is 11.4 Å².